The van der Waals surface area contributed by atoms with Gasteiger partial charge in [0.2, 0.25) is 11.4 Å². The molecule has 29 heavy (non-hydrogen) atoms. The highest BCUT2D eigenvalue weighted by Gasteiger charge is 2.49. The van der Waals surface area contributed by atoms with Crippen molar-refractivity contribution in [3.63, 3.8) is 0 Å². The van der Waals surface area contributed by atoms with Crippen LogP contribution in [0.5, 0.6) is 5.75 Å². The minimum atomic E-state index is -4.65. The van der Waals surface area contributed by atoms with Gasteiger partial charge >= 0.3 is 18.1 Å². The molecule has 0 atom stereocenters. The van der Waals surface area contributed by atoms with Crippen LogP contribution >= 0.6 is 0 Å². The number of rotatable bonds is 9. The zero-order valence-electron chi connectivity index (χ0n) is 16.6. The van der Waals surface area contributed by atoms with Crippen molar-refractivity contribution in [3.8, 4) is 5.75 Å². The number of benzene rings is 1. The van der Waals surface area contributed by atoms with E-state index in [-0.39, 0.29) is 37.4 Å². The third kappa shape index (κ3) is 6.10. The number of carbonyl (C=O) groups excluding carboxylic acids is 3. The first kappa shape index (κ1) is 24.3. The summed E-state index contributed by atoms with van der Waals surface area (Å²) in [5.41, 5.74) is -2.98. The van der Waals surface area contributed by atoms with E-state index in [2.05, 4.69) is 5.32 Å². The van der Waals surface area contributed by atoms with Crippen LogP contribution in [0.25, 0.3) is 0 Å². The fraction of sp³-hybridized carbons (Fsp3) is 0.526. The lowest BCUT2D eigenvalue weighted by molar-refractivity contribution is -0.168. The van der Waals surface area contributed by atoms with Gasteiger partial charge in [-0.05, 0) is 44.4 Å². The summed E-state index contributed by atoms with van der Waals surface area (Å²) in [6.07, 6.45) is -5.16. The lowest BCUT2D eigenvalue weighted by atomic mass is 9.90. The Balaban J connectivity index is 3.31. The largest absolute Gasteiger partial charge is 0.496 e. The van der Waals surface area contributed by atoms with Crippen molar-refractivity contribution in [2.45, 2.75) is 45.3 Å². The first-order valence-corrected chi connectivity index (χ1v) is 8.89. The van der Waals surface area contributed by atoms with Crippen LogP contribution < -0.4 is 10.1 Å². The molecule has 1 rings (SSSR count). The molecular formula is C19H24F3NO6. The molecule has 1 N–H and O–H groups in total. The van der Waals surface area contributed by atoms with Crippen LogP contribution in [-0.4, -0.2) is 43.7 Å². The first-order chi connectivity index (χ1) is 13.5. The summed E-state index contributed by atoms with van der Waals surface area (Å²) in [6.45, 7) is 3.99. The number of amides is 1. The second kappa shape index (κ2) is 10.1. The SMILES string of the molecule is CCOC(=O)C(CCc1ccc(OC)c(C(F)(F)F)c1)(NC(C)=O)C(=O)OCC. The van der Waals surface area contributed by atoms with Crippen molar-refractivity contribution < 1.29 is 41.8 Å². The second-order valence-corrected chi connectivity index (χ2v) is 6.06. The maximum Gasteiger partial charge on any atom is 0.419 e. The molecule has 0 aliphatic rings. The molecule has 0 spiro atoms. The van der Waals surface area contributed by atoms with Gasteiger partial charge in [0.25, 0.3) is 0 Å². The molecule has 0 saturated heterocycles. The Bertz CT molecular complexity index is 730. The fourth-order valence-corrected chi connectivity index (χ4v) is 2.73. The molecule has 10 heteroatoms. The van der Waals surface area contributed by atoms with Crippen LogP contribution in [0.4, 0.5) is 13.2 Å². The Hall–Kier alpha value is -2.78. The third-order valence-corrected chi connectivity index (χ3v) is 4.00. The van der Waals surface area contributed by atoms with Gasteiger partial charge in [-0.15, -0.1) is 0 Å². The minimum Gasteiger partial charge on any atom is -0.496 e. The Labute approximate surface area is 166 Å². The molecule has 1 aromatic rings. The van der Waals surface area contributed by atoms with Crippen LogP contribution in [0.1, 0.15) is 38.3 Å². The monoisotopic (exact) mass is 419 g/mol. The predicted molar refractivity (Wildman–Crippen MR) is 96.1 cm³/mol. The number of hydrogen-bond donors (Lipinski definition) is 1. The molecule has 0 aliphatic heterocycles. The zero-order valence-corrected chi connectivity index (χ0v) is 16.6. The van der Waals surface area contributed by atoms with E-state index in [0.29, 0.717) is 0 Å². The quantitative estimate of drug-likeness (QED) is 0.489. The average Bonchev–Trinajstić information content (AvgIpc) is 2.64. The average molecular weight is 419 g/mol. The van der Waals surface area contributed by atoms with Crippen molar-refractivity contribution in [3.05, 3.63) is 29.3 Å². The van der Waals surface area contributed by atoms with E-state index >= 15 is 0 Å². The Morgan fingerprint density at radius 3 is 2.00 bits per heavy atom. The molecule has 0 unspecified atom stereocenters. The van der Waals surface area contributed by atoms with Crippen LogP contribution in [0, 0.1) is 0 Å². The van der Waals surface area contributed by atoms with Crippen LogP contribution in [0.2, 0.25) is 0 Å². The Morgan fingerprint density at radius 2 is 1.59 bits per heavy atom. The summed E-state index contributed by atoms with van der Waals surface area (Å²) in [7, 11) is 1.12. The van der Waals surface area contributed by atoms with Crippen LogP contribution in [0.15, 0.2) is 18.2 Å². The van der Waals surface area contributed by atoms with Gasteiger partial charge in [-0.1, -0.05) is 6.07 Å². The number of esters is 2. The number of ether oxygens (including phenoxy) is 3. The highest BCUT2D eigenvalue weighted by molar-refractivity contribution is 6.07. The standard InChI is InChI=1S/C19H24F3NO6/c1-5-28-16(25)18(23-12(3)24,17(26)29-6-2)10-9-13-7-8-15(27-4)14(11-13)19(20,21)22/h7-8,11H,5-6,9-10H2,1-4H3,(H,23,24). The summed E-state index contributed by atoms with van der Waals surface area (Å²) in [4.78, 5) is 36.7. The number of halogens is 3. The molecule has 1 amide bonds. The van der Waals surface area contributed by atoms with E-state index in [1.807, 2.05) is 0 Å². The number of nitrogens with one attached hydrogen (secondary N) is 1. The van der Waals surface area contributed by atoms with Gasteiger partial charge < -0.3 is 19.5 Å². The maximum atomic E-state index is 13.2. The Morgan fingerprint density at radius 1 is 1.03 bits per heavy atom. The van der Waals surface area contributed by atoms with Gasteiger partial charge in [-0.3, -0.25) is 4.79 Å². The lowest BCUT2D eigenvalue weighted by Crippen LogP contribution is -2.61. The number of hydrogen-bond acceptors (Lipinski definition) is 6. The molecule has 162 valence electrons. The molecule has 0 bridgehead atoms. The van der Waals surface area contributed by atoms with Crippen molar-refractivity contribution in [2.75, 3.05) is 20.3 Å². The van der Waals surface area contributed by atoms with E-state index < -0.39 is 35.1 Å². The smallest absolute Gasteiger partial charge is 0.419 e. The van der Waals surface area contributed by atoms with Crippen molar-refractivity contribution in [2.24, 2.45) is 0 Å². The number of methoxy groups -OCH3 is 1. The van der Waals surface area contributed by atoms with Gasteiger partial charge in [-0.2, -0.15) is 13.2 Å². The van der Waals surface area contributed by atoms with Gasteiger partial charge in [-0.25, -0.2) is 9.59 Å². The van der Waals surface area contributed by atoms with Gasteiger partial charge in [0.05, 0.1) is 25.9 Å². The number of alkyl halides is 3. The fourth-order valence-electron chi connectivity index (χ4n) is 2.73. The van der Waals surface area contributed by atoms with Gasteiger partial charge in [0.1, 0.15) is 5.75 Å². The van der Waals surface area contributed by atoms with Crippen LogP contribution in [-0.2, 0) is 36.5 Å². The normalized spacial score (nSPS) is 11.6. The van der Waals surface area contributed by atoms with E-state index in [9.17, 15) is 27.6 Å². The highest BCUT2D eigenvalue weighted by atomic mass is 19.4. The molecule has 0 saturated carbocycles. The molecular weight excluding hydrogens is 395 g/mol. The minimum absolute atomic E-state index is 0.0691. The van der Waals surface area contributed by atoms with E-state index in [1.165, 1.54) is 19.9 Å². The molecule has 1 aromatic carbocycles. The summed E-state index contributed by atoms with van der Waals surface area (Å²) >= 11 is 0. The highest BCUT2D eigenvalue weighted by Crippen LogP contribution is 2.37. The zero-order chi connectivity index (χ0) is 22.2. The molecule has 7 nitrogen and oxygen atoms in total. The topological polar surface area (TPSA) is 90.9 Å². The molecule has 0 aromatic heterocycles. The number of carbonyl (C=O) groups is 3. The van der Waals surface area contributed by atoms with Crippen LogP contribution in [0.3, 0.4) is 0 Å². The van der Waals surface area contributed by atoms with E-state index in [1.54, 1.807) is 0 Å². The van der Waals surface area contributed by atoms with Gasteiger partial charge in [0, 0.05) is 6.92 Å². The summed E-state index contributed by atoms with van der Waals surface area (Å²) in [5, 5.41) is 2.27. The predicted octanol–water partition coefficient (Wildman–Crippen LogP) is 2.65. The first-order valence-electron chi connectivity index (χ1n) is 8.89. The van der Waals surface area contributed by atoms with E-state index in [0.717, 1.165) is 26.2 Å². The molecule has 0 radical (unpaired) electrons. The summed E-state index contributed by atoms with van der Waals surface area (Å²) in [5.74, 6) is -3.14. The van der Waals surface area contributed by atoms with Crippen molar-refractivity contribution >= 4 is 17.8 Å². The summed E-state index contributed by atoms with van der Waals surface area (Å²) < 4.78 is 54.3. The second-order valence-electron chi connectivity index (χ2n) is 6.06. The lowest BCUT2D eigenvalue weighted by Gasteiger charge is -2.29. The Kier molecular flexibility index (Phi) is 8.47. The maximum absolute atomic E-state index is 13.2. The molecule has 0 heterocycles. The molecule has 0 aliphatic carbocycles. The van der Waals surface area contributed by atoms with Crippen molar-refractivity contribution in [1.82, 2.24) is 5.32 Å². The number of aryl methyl sites for hydroxylation is 1. The molecule has 0 fully saturated rings. The van der Waals surface area contributed by atoms with Crippen molar-refractivity contribution in [1.29, 1.82) is 0 Å². The van der Waals surface area contributed by atoms with E-state index in [4.69, 9.17) is 14.2 Å². The third-order valence-electron chi connectivity index (χ3n) is 4.00. The van der Waals surface area contributed by atoms with Gasteiger partial charge in [0.15, 0.2) is 0 Å². The summed E-state index contributed by atoms with van der Waals surface area (Å²) in [6, 6.07) is 3.39.